The van der Waals surface area contributed by atoms with E-state index in [0.717, 1.165) is 0 Å². The summed E-state index contributed by atoms with van der Waals surface area (Å²) in [5, 5.41) is 0. The normalized spacial score (nSPS) is 11.5. The van der Waals surface area contributed by atoms with Crippen molar-refractivity contribution in [2.45, 2.75) is 32.8 Å². The second kappa shape index (κ2) is 7.84. The maximum Gasteiger partial charge on any atom is 0.355 e. The molecule has 0 saturated carbocycles. The highest BCUT2D eigenvalue weighted by Crippen LogP contribution is 2.08. The van der Waals surface area contributed by atoms with Gasteiger partial charge in [0.05, 0.1) is 0 Å². The lowest BCUT2D eigenvalue weighted by Crippen LogP contribution is -2.31. The van der Waals surface area contributed by atoms with Crippen molar-refractivity contribution < 1.29 is 23.9 Å². The fourth-order valence-corrected chi connectivity index (χ4v) is 0.977. The van der Waals surface area contributed by atoms with Gasteiger partial charge in [0.1, 0.15) is 5.88 Å². The minimum atomic E-state index is -1.10. The van der Waals surface area contributed by atoms with Crippen molar-refractivity contribution in [3.63, 3.8) is 0 Å². The zero-order valence-electron chi connectivity index (χ0n) is 9.82. The van der Waals surface area contributed by atoms with Gasteiger partial charge >= 0.3 is 17.9 Å². The molecule has 17 heavy (non-hydrogen) atoms. The summed E-state index contributed by atoms with van der Waals surface area (Å²) in [4.78, 5) is 33.5. The Morgan fingerprint density at radius 1 is 1.35 bits per heavy atom. The molecular weight excluding hydrogens is 248 g/mol. The summed E-state index contributed by atoms with van der Waals surface area (Å²) in [5.74, 6) is -2.91. The molecule has 0 spiro atoms. The van der Waals surface area contributed by atoms with Crippen molar-refractivity contribution in [3.8, 4) is 0 Å². The Hall–Kier alpha value is -1.36. The monoisotopic (exact) mass is 262 g/mol. The van der Waals surface area contributed by atoms with Crippen LogP contribution in [0.5, 0.6) is 0 Å². The van der Waals surface area contributed by atoms with Gasteiger partial charge in [0.25, 0.3) is 0 Å². The highest BCUT2D eigenvalue weighted by molar-refractivity contribution is 6.27. The lowest BCUT2D eigenvalue weighted by atomic mass is 10.2. The summed E-state index contributed by atoms with van der Waals surface area (Å²) < 4.78 is 9.23. The molecule has 5 nitrogen and oxygen atoms in total. The lowest BCUT2D eigenvalue weighted by molar-refractivity contribution is -0.172. The smallest absolute Gasteiger partial charge is 0.355 e. The van der Waals surface area contributed by atoms with E-state index in [0.29, 0.717) is 6.42 Å². The van der Waals surface area contributed by atoms with Gasteiger partial charge in [0.2, 0.25) is 0 Å². The molecule has 0 N–H and O–H groups in total. The van der Waals surface area contributed by atoms with Gasteiger partial charge in [-0.1, -0.05) is 19.9 Å². The van der Waals surface area contributed by atoms with Gasteiger partial charge in [0.15, 0.2) is 6.10 Å². The van der Waals surface area contributed by atoms with E-state index in [2.05, 4.69) is 11.3 Å². The minimum absolute atomic E-state index is 0.169. The first-order chi connectivity index (χ1) is 7.92. The molecule has 0 bridgehead atoms. The maximum absolute atomic E-state index is 11.5. The van der Waals surface area contributed by atoms with Crippen LogP contribution in [0.25, 0.3) is 0 Å². The van der Waals surface area contributed by atoms with Gasteiger partial charge in [-0.2, -0.15) is 0 Å². The van der Waals surface area contributed by atoms with E-state index in [9.17, 15) is 14.4 Å². The highest BCUT2D eigenvalue weighted by atomic mass is 35.5. The van der Waals surface area contributed by atoms with E-state index in [4.69, 9.17) is 16.3 Å². The summed E-state index contributed by atoms with van der Waals surface area (Å²) in [7, 11) is 0. The molecule has 6 heteroatoms. The van der Waals surface area contributed by atoms with Crippen LogP contribution in [-0.2, 0) is 23.9 Å². The largest absolute Gasteiger partial charge is 0.447 e. The number of ether oxygens (including phenoxy) is 2. The van der Waals surface area contributed by atoms with E-state index in [1.165, 1.54) is 6.92 Å². The summed E-state index contributed by atoms with van der Waals surface area (Å²) in [6.07, 6.45) is -0.234. The molecule has 0 aliphatic carbocycles. The number of alkyl halides is 1. The average molecular weight is 263 g/mol. The fraction of sp³-hybridized carbons (Fsp3) is 0.545. The third kappa shape index (κ3) is 6.06. The summed E-state index contributed by atoms with van der Waals surface area (Å²) in [6, 6.07) is 0. The van der Waals surface area contributed by atoms with Crippen molar-refractivity contribution in [3.05, 3.63) is 12.2 Å². The third-order valence-electron chi connectivity index (χ3n) is 1.74. The molecule has 1 unspecified atom stereocenters. The van der Waals surface area contributed by atoms with E-state index < -0.39 is 29.9 Å². The van der Waals surface area contributed by atoms with Gasteiger partial charge in [-0.3, -0.25) is 4.79 Å². The number of esters is 3. The van der Waals surface area contributed by atoms with E-state index in [1.54, 1.807) is 6.92 Å². The predicted octanol–water partition coefficient (Wildman–Crippen LogP) is 1.58. The second-order valence-corrected chi connectivity index (χ2v) is 3.66. The van der Waals surface area contributed by atoms with Crippen LogP contribution in [-0.4, -0.2) is 29.9 Å². The summed E-state index contributed by atoms with van der Waals surface area (Å²) >= 11 is 5.19. The molecule has 0 fully saturated rings. The average Bonchev–Trinajstić information content (AvgIpc) is 2.27. The molecule has 0 saturated heterocycles. The number of hydrogen-bond acceptors (Lipinski definition) is 5. The van der Waals surface area contributed by atoms with Gasteiger partial charge in [-0.25, -0.2) is 9.59 Å². The number of carbonyl (C=O) groups excluding carboxylic acids is 3. The molecule has 96 valence electrons. The molecule has 0 rings (SSSR count). The van der Waals surface area contributed by atoms with E-state index in [1.807, 2.05) is 0 Å². The van der Waals surface area contributed by atoms with Gasteiger partial charge in [0, 0.05) is 5.57 Å². The molecule has 0 aromatic rings. The SMILES string of the molecule is C=C(C)C(=O)OC(CCC)C(=O)OC(=O)CCl. The van der Waals surface area contributed by atoms with Crippen LogP contribution in [0.4, 0.5) is 0 Å². The van der Waals surface area contributed by atoms with Crippen molar-refractivity contribution in [1.82, 2.24) is 0 Å². The zero-order valence-corrected chi connectivity index (χ0v) is 10.6. The predicted molar refractivity (Wildman–Crippen MR) is 61.4 cm³/mol. The zero-order chi connectivity index (χ0) is 13.4. The Morgan fingerprint density at radius 3 is 2.35 bits per heavy atom. The first-order valence-electron chi connectivity index (χ1n) is 5.09. The molecular formula is C11H15ClO5. The van der Waals surface area contributed by atoms with Gasteiger partial charge in [-0.15, -0.1) is 11.6 Å². The first-order valence-corrected chi connectivity index (χ1v) is 5.62. The van der Waals surface area contributed by atoms with Crippen molar-refractivity contribution in [2.75, 3.05) is 5.88 Å². The minimum Gasteiger partial charge on any atom is -0.447 e. The van der Waals surface area contributed by atoms with Gasteiger partial charge < -0.3 is 9.47 Å². The molecule has 0 heterocycles. The summed E-state index contributed by atoms with van der Waals surface area (Å²) in [5.41, 5.74) is 0.169. The Morgan fingerprint density at radius 2 is 1.94 bits per heavy atom. The van der Waals surface area contributed by atoms with Crippen LogP contribution < -0.4 is 0 Å². The topological polar surface area (TPSA) is 69.7 Å². The highest BCUT2D eigenvalue weighted by Gasteiger charge is 2.25. The Bertz CT molecular complexity index is 324. The number of hydrogen-bond donors (Lipinski definition) is 0. The standard InChI is InChI=1S/C11H15ClO5/c1-4-5-8(16-10(14)7(2)3)11(15)17-9(13)6-12/h8H,2,4-6H2,1,3H3. The van der Waals surface area contributed by atoms with Crippen LogP contribution in [0.1, 0.15) is 26.7 Å². The maximum atomic E-state index is 11.5. The molecule has 0 aliphatic rings. The quantitative estimate of drug-likeness (QED) is 0.315. The third-order valence-corrected chi connectivity index (χ3v) is 1.95. The summed E-state index contributed by atoms with van der Waals surface area (Å²) in [6.45, 7) is 6.65. The van der Waals surface area contributed by atoms with Crippen molar-refractivity contribution >= 4 is 29.5 Å². The van der Waals surface area contributed by atoms with E-state index >= 15 is 0 Å². The van der Waals surface area contributed by atoms with Crippen molar-refractivity contribution in [1.29, 1.82) is 0 Å². The van der Waals surface area contributed by atoms with Crippen LogP contribution >= 0.6 is 11.6 Å². The van der Waals surface area contributed by atoms with Crippen LogP contribution in [0, 0.1) is 0 Å². The van der Waals surface area contributed by atoms with Gasteiger partial charge in [-0.05, 0) is 13.3 Å². The van der Waals surface area contributed by atoms with Crippen LogP contribution in [0.15, 0.2) is 12.2 Å². The van der Waals surface area contributed by atoms with Crippen LogP contribution in [0.3, 0.4) is 0 Å². The number of rotatable bonds is 6. The molecule has 0 aromatic heterocycles. The second-order valence-electron chi connectivity index (χ2n) is 3.39. The molecule has 0 amide bonds. The Kier molecular flexibility index (Phi) is 7.21. The number of halogens is 1. The van der Waals surface area contributed by atoms with Crippen molar-refractivity contribution in [2.24, 2.45) is 0 Å². The molecule has 0 radical (unpaired) electrons. The number of carbonyl (C=O) groups is 3. The molecule has 1 atom stereocenters. The Balaban J connectivity index is 4.50. The van der Waals surface area contributed by atoms with E-state index in [-0.39, 0.29) is 12.0 Å². The molecule has 0 aromatic carbocycles. The molecule has 0 aliphatic heterocycles. The Labute approximate surface area is 105 Å². The van der Waals surface area contributed by atoms with Crippen LogP contribution in [0.2, 0.25) is 0 Å². The fourth-order valence-electron chi connectivity index (χ4n) is 0.922. The first kappa shape index (κ1) is 15.6. The lowest BCUT2D eigenvalue weighted by Gasteiger charge is -2.14.